The van der Waals surface area contributed by atoms with E-state index in [9.17, 15) is 9.59 Å². The van der Waals surface area contributed by atoms with Crippen LogP contribution >= 0.6 is 46.4 Å². The molecule has 268 valence electrons. The van der Waals surface area contributed by atoms with Gasteiger partial charge in [0.05, 0.1) is 21.2 Å². The first-order valence-electron chi connectivity index (χ1n) is 16.8. The molecule has 2 unspecified atom stereocenters. The summed E-state index contributed by atoms with van der Waals surface area (Å²) in [5, 5.41) is 1.00. The molecule has 7 nitrogen and oxygen atoms in total. The molecule has 0 amide bonds. The Morgan fingerprint density at radius 2 is 1.12 bits per heavy atom. The maximum atomic E-state index is 13.7. The lowest BCUT2D eigenvalue weighted by Gasteiger charge is -2.39. The molecule has 0 aromatic heterocycles. The Labute approximate surface area is 311 Å². The van der Waals surface area contributed by atoms with Crippen molar-refractivity contribution in [1.29, 1.82) is 0 Å². The van der Waals surface area contributed by atoms with Crippen molar-refractivity contribution in [1.82, 2.24) is 0 Å². The number of anilines is 1. The highest BCUT2D eigenvalue weighted by atomic mass is 35.5. The minimum Gasteiger partial charge on any atom is -0.435 e. The van der Waals surface area contributed by atoms with E-state index >= 15 is 0 Å². The van der Waals surface area contributed by atoms with Crippen LogP contribution in [-0.2, 0) is 31.8 Å². The van der Waals surface area contributed by atoms with E-state index in [0.29, 0.717) is 15.7 Å². The van der Waals surface area contributed by atoms with E-state index in [1.54, 1.807) is 17.0 Å². The topological polar surface area (TPSA) is 74.3 Å². The van der Waals surface area contributed by atoms with Gasteiger partial charge in [-0.05, 0) is 79.3 Å². The third-order valence-corrected chi connectivity index (χ3v) is 9.19. The molecule has 0 spiro atoms. The van der Waals surface area contributed by atoms with E-state index < -0.39 is 24.4 Å². The molecule has 0 saturated carbocycles. The van der Waals surface area contributed by atoms with Gasteiger partial charge in [0.2, 0.25) is 12.5 Å². The summed E-state index contributed by atoms with van der Waals surface area (Å²) in [6, 6.07) is 15.4. The largest absolute Gasteiger partial charge is 0.435 e. The average Bonchev–Trinajstić information content (AvgIpc) is 3.08. The second-order valence-electron chi connectivity index (χ2n) is 11.9. The van der Waals surface area contributed by atoms with Crippen LogP contribution in [0.3, 0.4) is 0 Å². The highest BCUT2D eigenvalue weighted by molar-refractivity contribution is 6.36. The normalized spacial score (nSPS) is 12.4. The van der Waals surface area contributed by atoms with E-state index in [-0.39, 0.29) is 34.4 Å². The van der Waals surface area contributed by atoms with Gasteiger partial charge in [-0.2, -0.15) is 0 Å². The first-order valence-corrected chi connectivity index (χ1v) is 18.3. The Hall–Kier alpha value is -2.52. The summed E-state index contributed by atoms with van der Waals surface area (Å²) >= 11 is 25.2. The Morgan fingerprint density at radius 1 is 0.633 bits per heavy atom. The number of benzene rings is 3. The molecule has 0 bridgehead atoms. The molecular formula is C38H47Cl4NO6. The molecule has 0 aliphatic rings. The third kappa shape index (κ3) is 12.6. The monoisotopic (exact) mass is 753 g/mol. The highest BCUT2D eigenvalue weighted by Crippen LogP contribution is 2.32. The molecule has 0 aliphatic carbocycles. The minimum absolute atomic E-state index is 0.0757. The zero-order chi connectivity index (χ0) is 35.8. The molecule has 0 N–H and O–H groups in total. The van der Waals surface area contributed by atoms with Gasteiger partial charge < -0.3 is 18.9 Å². The number of aryl methyl sites for hydroxylation is 2. The standard InChI is InChI=1S/C38H47Cl4NO6/c1-5-7-9-11-13-26-15-20-34(27(21-26)14-12-10-8-6-2)43(35(24-46-3)48-37(44)30-22-28(39)16-18-32(30)41)36(25-47-4)49-38(45)31-23-29(40)17-19-33(31)42/h15-23,35-36H,5-14,24-25H2,1-4H3. The summed E-state index contributed by atoms with van der Waals surface area (Å²) in [5.74, 6) is -1.45. The maximum absolute atomic E-state index is 13.7. The molecule has 0 fully saturated rings. The van der Waals surface area contributed by atoms with Gasteiger partial charge in [-0.25, -0.2) is 9.59 Å². The van der Waals surface area contributed by atoms with E-state index in [1.807, 2.05) is 6.07 Å². The van der Waals surface area contributed by atoms with Gasteiger partial charge in [0.1, 0.15) is 13.2 Å². The maximum Gasteiger partial charge on any atom is 0.341 e. The van der Waals surface area contributed by atoms with Crippen LogP contribution < -0.4 is 4.90 Å². The van der Waals surface area contributed by atoms with E-state index in [0.717, 1.165) is 63.4 Å². The number of unbranched alkanes of at least 4 members (excludes halogenated alkanes) is 6. The lowest BCUT2D eigenvalue weighted by Crippen LogP contribution is -2.52. The summed E-state index contributed by atoms with van der Waals surface area (Å²) in [7, 11) is 3.00. The number of hydrogen-bond acceptors (Lipinski definition) is 7. The lowest BCUT2D eigenvalue weighted by molar-refractivity contribution is -0.0342. The van der Waals surface area contributed by atoms with Crippen LogP contribution in [-0.4, -0.2) is 51.8 Å². The molecule has 0 aliphatic heterocycles. The lowest BCUT2D eigenvalue weighted by atomic mass is 9.98. The Balaban J connectivity index is 2.15. The molecule has 3 aromatic carbocycles. The average molecular weight is 756 g/mol. The van der Waals surface area contributed by atoms with E-state index in [1.165, 1.54) is 50.5 Å². The van der Waals surface area contributed by atoms with E-state index in [2.05, 4.69) is 26.0 Å². The molecule has 2 atom stereocenters. The zero-order valence-corrected chi connectivity index (χ0v) is 31.8. The fourth-order valence-corrected chi connectivity index (χ4v) is 6.28. The number of carbonyl (C=O) groups is 2. The first-order chi connectivity index (χ1) is 23.6. The smallest absolute Gasteiger partial charge is 0.341 e. The van der Waals surface area contributed by atoms with Crippen molar-refractivity contribution in [2.45, 2.75) is 90.5 Å². The molecule has 0 saturated heterocycles. The molecule has 3 aromatic rings. The summed E-state index contributed by atoms with van der Waals surface area (Å²) in [6.07, 6.45) is 8.36. The molecule has 3 rings (SSSR count). The highest BCUT2D eigenvalue weighted by Gasteiger charge is 2.35. The van der Waals surface area contributed by atoms with Crippen LogP contribution in [0.2, 0.25) is 20.1 Å². The van der Waals surface area contributed by atoms with Crippen molar-refractivity contribution in [2.24, 2.45) is 0 Å². The predicted molar refractivity (Wildman–Crippen MR) is 200 cm³/mol. The zero-order valence-electron chi connectivity index (χ0n) is 28.7. The van der Waals surface area contributed by atoms with Crippen LogP contribution in [0.1, 0.15) is 97.1 Å². The molecular weight excluding hydrogens is 708 g/mol. The minimum atomic E-state index is -1.08. The van der Waals surface area contributed by atoms with Crippen molar-refractivity contribution in [3.8, 4) is 0 Å². The van der Waals surface area contributed by atoms with Crippen molar-refractivity contribution in [2.75, 3.05) is 32.3 Å². The van der Waals surface area contributed by atoms with Crippen molar-refractivity contribution in [3.63, 3.8) is 0 Å². The molecule has 11 heteroatoms. The predicted octanol–water partition coefficient (Wildman–Crippen LogP) is 11.0. The second-order valence-corrected chi connectivity index (χ2v) is 13.6. The van der Waals surface area contributed by atoms with Gasteiger partial charge in [-0.1, -0.05) is 111 Å². The van der Waals surface area contributed by atoms with Crippen LogP contribution in [0.4, 0.5) is 5.69 Å². The third-order valence-electron chi connectivity index (χ3n) is 8.06. The Kier molecular flexibility index (Phi) is 18.1. The number of halogens is 4. The number of hydrogen-bond donors (Lipinski definition) is 0. The van der Waals surface area contributed by atoms with Crippen molar-refractivity contribution >= 4 is 64.0 Å². The first kappa shape index (κ1) is 40.9. The molecule has 49 heavy (non-hydrogen) atoms. The summed E-state index contributed by atoms with van der Waals surface area (Å²) in [6.45, 7) is 4.22. The molecule has 0 heterocycles. The van der Waals surface area contributed by atoms with Crippen LogP contribution in [0.15, 0.2) is 54.6 Å². The Bertz CT molecular complexity index is 1430. The number of ether oxygens (including phenoxy) is 4. The number of esters is 2. The van der Waals surface area contributed by atoms with Gasteiger partial charge in [0, 0.05) is 30.0 Å². The number of nitrogens with zero attached hydrogens (tertiary/aromatic N) is 1. The van der Waals surface area contributed by atoms with E-state index in [4.69, 9.17) is 65.4 Å². The fourth-order valence-electron chi connectivity index (χ4n) is 5.55. The number of carbonyl (C=O) groups excluding carboxylic acids is 2. The van der Waals surface area contributed by atoms with Crippen molar-refractivity contribution < 1.29 is 28.5 Å². The van der Waals surface area contributed by atoms with Crippen LogP contribution in [0.5, 0.6) is 0 Å². The second kappa shape index (κ2) is 21.6. The van der Waals surface area contributed by atoms with Gasteiger partial charge in [0.15, 0.2) is 0 Å². The number of methoxy groups -OCH3 is 2. The summed E-state index contributed by atoms with van der Waals surface area (Å²) in [4.78, 5) is 29.1. The van der Waals surface area contributed by atoms with Crippen molar-refractivity contribution in [3.05, 3.63) is 96.9 Å². The number of rotatable bonds is 21. The van der Waals surface area contributed by atoms with Gasteiger partial charge in [0.25, 0.3) is 0 Å². The molecule has 0 radical (unpaired) electrons. The Morgan fingerprint density at radius 3 is 1.59 bits per heavy atom. The quantitative estimate of drug-likeness (QED) is 0.0609. The SMILES string of the molecule is CCCCCCc1ccc(N(C(COC)OC(=O)c2cc(Cl)ccc2Cl)C(COC)OC(=O)c2cc(Cl)ccc2Cl)c(CCCCCC)c1. The van der Waals surface area contributed by atoms with Gasteiger partial charge in [-0.15, -0.1) is 0 Å². The summed E-state index contributed by atoms with van der Waals surface area (Å²) in [5.41, 5.74) is 3.13. The van der Waals surface area contributed by atoms with Crippen LogP contribution in [0, 0.1) is 0 Å². The van der Waals surface area contributed by atoms with Crippen LogP contribution in [0.25, 0.3) is 0 Å². The van der Waals surface area contributed by atoms with Gasteiger partial charge in [-0.3, -0.25) is 4.90 Å². The fraction of sp³-hybridized carbons (Fsp3) is 0.474. The van der Waals surface area contributed by atoms with Gasteiger partial charge >= 0.3 is 11.9 Å². The summed E-state index contributed by atoms with van der Waals surface area (Å²) < 4.78 is 23.5.